The van der Waals surface area contributed by atoms with Crippen LogP contribution in [0.2, 0.25) is 0 Å². The summed E-state index contributed by atoms with van der Waals surface area (Å²) in [5, 5.41) is 0. The van der Waals surface area contributed by atoms with Crippen molar-refractivity contribution >= 4 is 15.9 Å². The van der Waals surface area contributed by atoms with Crippen molar-refractivity contribution in [1.29, 1.82) is 0 Å². The maximum absolute atomic E-state index is 12.5. The molecule has 0 heterocycles. The van der Waals surface area contributed by atoms with Crippen LogP contribution in [-0.4, -0.2) is 33.0 Å². The summed E-state index contributed by atoms with van der Waals surface area (Å²) in [5.41, 5.74) is 0.556. The van der Waals surface area contributed by atoms with Crippen molar-refractivity contribution in [2.45, 2.75) is 4.90 Å². The lowest BCUT2D eigenvalue weighted by atomic mass is 10.0. The van der Waals surface area contributed by atoms with E-state index >= 15 is 0 Å². The van der Waals surface area contributed by atoms with E-state index in [-0.39, 0.29) is 22.8 Å². The summed E-state index contributed by atoms with van der Waals surface area (Å²) in [4.78, 5) is 12.0. The molecule has 0 aliphatic heterocycles. The Balaban J connectivity index is 2.66. The number of hydrogen-bond acceptors (Lipinski definition) is 5. The maximum Gasteiger partial charge on any atom is 0.298 e. The molecular formula is C15H14O6S. The molecule has 0 saturated carbocycles. The summed E-state index contributed by atoms with van der Waals surface area (Å²) in [6.07, 6.45) is 0. The van der Waals surface area contributed by atoms with Crippen molar-refractivity contribution in [3.05, 3.63) is 53.6 Å². The average molecular weight is 322 g/mol. The van der Waals surface area contributed by atoms with Gasteiger partial charge in [-0.25, -0.2) is 0 Å². The first kappa shape index (κ1) is 16.0. The zero-order chi connectivity index (χ0) is 16.3. The van der Waals surface area contributed by atoms with E-state index in [2.05, 4.69) is 0 Å². The van der Waals surface area contributed by atoms with Gasteiger partial charge in [-0.3, -0.25) is 9.35 Å². The van der Waals surface area contributed by atoms with Crippen LogP contribution < -0.4 is 9.47 Å². The normalized spacial score (nSPS) is 11.0. The third-order valence-corrected chi connectivity index (χ3v) is 3.92. The van der Waals surface area contributed by atoms with Gasteiger partial charge in [0.15, 0.2) is 17.3 Å². The van der Waals surface area contributed by atoms with Crippen LogP contribution in [0.5, 0.6) is 11.5 Å². The molecule has 0 spiro atoms. The van der Waals surface area contributed by atoms with Gasteiger partial charge in [-0.1, -0.05) is 30.3 Å². The van der Waals surface area contributed by atoms with Gasteiger partial charge in [-0.15, -0.1) is 0 Å². The first-order chi connectivity index (χ1) is 10.4. The molecule has 0 saturated heterocycles. The highest BCUT2D eigenvalue weighted by Gasteiger charge is 2.26. The molecule has 0 aromatic heterocycles. The molecule has 0 unspecified atom stereocenters. The van der Waals surface area contributed by atoms with Gasteiger partial charge >= 0.3 is 0 Å². The lowest BCUT2D eigenvalue weighted by Gasteiger charge is -2.14. The first-order valence-electron chi connectivity index (χ1n) is 6.22. The Morgan fingerprint density at radius 1 is 0.955 bits per heavy atom. The Morgan fingerprint density at radius 3 is 2.05 bits per heavy atom. The largest absolute Gasteiger partial charge is 0.492 e. The number of benzene rings is 2. The Kier molecular flexibility index (Phi) is 4.48. The molecule has 0 radical (unpaired) electrons. The molecule has 2 aromatic carbocycles. The lowest BCUT2D eigenvalue weighted by molar-refractivity contribution is 0.103. The van der Waals surface area contributed by atoms with Gasteiger partial charge in [0.1, 0.15) is 4.90 Å². The molecule has 0 amide bonds. The number of ketones is 1. The third kappa shape index (κ3) is 2.95. The monoisotopic (exact) mass is 322 g/mol. The zero-order valence-corrected chi connectivity index (χ0v) is 12.8. The second-order valence-electron chi connectivity index (χ2n) is 4.35. The minimum Gasteiger partial charge on any atom is -0.492 e. The smallest absolute Gasteiger partial charge is 0.298 e. The minimum absolute atomic E-state index is 0.0496. The molecule has 116 valence electrons. The van der Waals surface area contributed by atoms with E-state index in [1.165, 1.54) is 20.3 Å². The Labute approximate surface area is 128 Å². The predicted octanol–water partition coefficient (Wildman–Crippen LogP) is 2.18. The highest BCUT2D eigenvalue weighted by molar-refractivity contribution is 7.86. The summed E-state index contributed by atoms with van der Waals surface area (Å²) < 4.78 is 42.1. The zero-order valence-electron chi connectivity index (χ0n) is 11.9. The van der Waals surface area contributed by atoms with Gasteiger partial charge in [0.05, 0.1) is 19.8 Å². The van der Waals surface area contributed by atoms with Crippen molar-refractivity contribution in [1.82, 2.24) is 0 Å². The Bertz CT molecular complexity index is 796. The summed E-state index contributed by atoms with van der Waals surface area (Å²) in [6.45, 7) is 0. The molecular weight excluding hydrogens is 308 g/mol. The molecule has 7 heteroatoms. The van der Waals surface area contributed by atoms with E-state index in [1.807, 2.05) is 0 Å². The molecule has 0 aliphatic rings. The van der Waals surface area contributed by atoms with Crippen LogP contribution in [0.3, 0.4) is 0 Å². The molecule has 2 aromatic rings. The molecule has 0 aliphatic carbocycles. The molecule has 1 N–H and O–H groups in total. The average Bonchev–Trinajstić information content (AvgIpc) is 2.52. The highest BCUT2D eigenvalue weighted by atomic mass is 32.2. The second-order valence-corrected chi connectivity index (χ2v) is 5.74. The van der Waals surface area contributed by atoms with Gasteiger partial charge in [0.25, 0.3) is 10.1 Å². The molecule has 0 bridgehead atoms. The number of rotatable bonds is 5. The second kappa shape index (κ2) is 6.17. The first-order valence-corrected chi connectivity index (χ1v) is 7.66. The van der Waals surface area contributed by atoms with E-state index in [0.29, 0.717) is 5.56 Å². The summed E-state index contributed by atoms with van der Waals surface area (Å²) in [7, 11) is -1.99. The van der Waals surface area contributed by atoms with Gasteiger partial charge in [-0.05, 0) is 12.1 Å². The van der Waals surface area contributed by atoms with Crippen LogP contribution in [0, 0.1) is 0 Å². The highest BCUT2D eigenvalue weighted by Crippen LogP contribution is 2.38. The number of hydrogen-bond donors (Lipinski definition) is 1. The summed E-state index contributed by atoms with van der Waals surface area (Å²) >= 11 is 0. The van der Waals surface area contributed by atoms with E-state index < -0.39 is 15.0 Å². The molecule has 2 rings (SSSR count). The fourth-order valence-electron chi connectivity index (χ4n) is 2.07. The minimum atomic E-state index is -4.50. The van der Waals surface area contributed by atoms with Gasteiger partial charge in [-0.2, -0.15) is 8.42 Å². The van der Waals surface area contributed by atoms with Gasteiger partial charge < -0.3 is 9.47 Å². The number of ether oxygens (including phenoxy) is 2. The van der Waals surface area contributed by atoms with Crippen LogP contribution in [0.25, 0.3) is 0 Å². The predicted molar refractivity (Wildman–Crippen MR) is 79.2 cm³/mol. The lowest BCUT2D eigenvalue weighted by Crippen LogP contribution is -2.09. The fourth-order valence-corrected chi connectivity index (χ4v) is 2.72. The van der Waals surface area contributed by atoms with E-state index in [9.17, 15) is 17.8 Å². The molecule has 0 atom stereocenters. The van der Waals surface area contributed by atoms with Crippen molar-refractivity contribution in [3.8, 4) is 11.5 Å². The maximum atomic E-state index is 12.5. The van der Waals surface area contributed by atoms with Gasteiger partial charge in [0.2, 0.25) is 0 Å². The van der Waals surface area contributed by atoms with Crippen molar-refractivity contribution in [3.63, 3.8) is 0 Å². The van der Waals surface area contributed by atoms with Crippen LogP contribution in [-0.2, 0) is 10.1 Å². The Morgan fingerprint density at radius 2 is 1.55 bits per heavy atom. The quantitative estimate of drug-likeness (QED) is 0.670. The molecule has 0 fully saturated rings. The van der Waals surface area contributed by atoms with Crippen molar-refractivity contribution in [2.75, 3.05) is 14.2 Å². The fraction of sp³-hybridized carbons (Fsp3) is 0.133. The van der Waals surface area contributed by atoms with Crippen molar-refractivity contribution < 1.29 is 27.2 Å². The van der Waals surface area contributed by atoms with Crippen molar-refractivity contribution in [2.24, 2.45) is 0 Å². The molecule has 6 nitrogen and oxygen atoms in total. The third-order valence-electron chi connectivity index (χ3n) is 3.04. The Hall–Kier alpha value is -2.38. The topological polar surface area (TPSA) is 89.9 Å². The van der Waals surface area contributed by atoms with Gasteiger partial charge in [0, 0.05) is 5.56 Å². The van der Waals surface area contributed by atoms with E-state index in [0.717, 1.165) is 6.07 Å². The standard InChI is InChI=1S/C15H14O6S/c1-20-14-11(13(16)10-6-4-3-5-7-10)8-9-12(15(14)21-2)22(17,18)19/h3-9H,1-2H3,(H,17,18,19). The van der Waals surface area contributed by atoms with E-state index in [1.54, 1.807) is 30.3 Å². The molecule has 22 heavy (non-hydrogen) atoms. The van der Waals surface area contributed by atoms with Crippen LogP contribution in [0.1, 0.15) is 15.9 Å². The number of carbonyl (C=O) groups excluding carboxylic acids is 1. The van der Waals surface area contributed by atoms with Crippen LogP contribution in [0.4, 0.5) is 0 Å². The number of carbonyl (C=O) groups is 1. The van der Waals surface area contributed by atoms with Crippen LogP contribution >= 0.6 is 0 Å². The summed E-state index contributed by atoms with van der Waals surface area (Å²) in [5.74, 6) is -0.615. The SMILES string of the molecule is COc1c(C(=O)c2ccccc2)ccc(S(=O)(=O)O)c1OC. The number of methoxy groups -OCH3 is 2. The van der Waals surface area contributed by atoms with E-state index in [4.69, 9.17) is 9.47 Å². The van der Waals surface area contributed by atoms with Crippen LogP contribution in [0.15, 0.2) is 47.4 Å². The summed E-state index contributed by atoms with van der Waals surface area (Å²) in [6, 6.07) is 10.8.